The van der Waals surface area contributed by atoms with Crippen LogP contribution in [-0.4, -0.2) is 41.2 Å². The molecule has 3 rings (SSSR count). The lowest BCUT2D eigenvalue weighted by molar-refractivity contribution is 0.795. The van der Waals surface area contributed by atoms with Crippen molar-refractivity contribution in [2.24, 2.45) is 0 Å². The van der Waals surface area contributed by atoms with Crippen LogP contribution in [0, 0.1) is 0 Å². The Hall–Kier alpha value is -2.90. The summed E-state index contributed by atoms with van der Waals surface area (Å²) in [7, 11) is 0. The van der Waals surface area contributed by atoms with Gasteiger partial charge in [-0.1, -0.05) is 6.07 Å². The van der Waals surface area contributed by atoms with Crippen LogP contribution < -0.4 is 5.32 Å². The van der Waals surface area contributed by atoms with Crippen molar-refractivity contribution in [1.29, 1.82) is 0 Å². The Balaban J connectivity index is 2.10. The smallest absolute Gasteiger partial charge is 0.257 e. The standard InChI is InChI=1S/C12H12N8/c1-2-14-11-17-10(9-5-3-4-6-15-9)18-12(19-11)20-8-13-7-16-20/h3-8H,2H2,1H3,(H,14,17,18,19). The van der Waals surface area contributed by atoms with Gasteiger partial charge in [0.15, 0.2) is 5.82 Å². The van der Waals surface area contributed by atoms with Gasteiger partial charge in [-0.2, -0.15) is 24.7 Å². The summed E-state index contributed by atoms with van der Waals surface area (Å²) in [6.07, 6.45) is 4.66. The zero-order chi connectivity index (χ0) is 13.8. The summed E-state index contributed by atoms with van der Waals surface area (Å²) < 4.78 is 1.48. The van der Waals surface area contributed by atoms with E-state index in [0.717, 1.165) is 0 Å². The van der Waals surface area contributed by atoms with Crippen LogP contribution in [0.2, 0.25) is 0 Å². The molecule has 1 N–H and O–H groups in total. The van der Waals surface area contributed by atoms with Gasteiger partial charge in [0.2, 0.25) is 5.95 Å². The van der Waals surface area contributed by atoms with Gasteiger partial charge in [-0.25, -0.2) is 4.98 Å². The molecule has 0 radical (unpaired) electrons. The number of hydrogen-bond donors (Lipinski definition) is 1. The van der Waals surface area contributed by atoms with Crippen molar-refractivity contribution in [3.8, 4) is 17.5 Å². The molecule has 20 heavy (non-hydrogen) atoms. The highest BCUT2D eigenvalue weighted by Gasteiger charge is 2.10. The molecule has 0 unspecified atom stereocenters. The molecule has 0 aliphatic carbocycles. The summed E-state index contributed by atoms with van der Waals surface area (Å²) in [4.78, 5) is 21.1. The van der Waals surface area contributed by atoms with E-state index >= 15 is 0 Å². The second-order valence-electron chi connectivity index (χ2n) is 3.87. The molecule has 3 aromatic rings. The maximum atomic E-state index is 4.36. The Morgan fingerprint density at radius 3 is 2.85 bits per heavy atom. The molecule has 0 amide bonds. The van der Waals surface area contributed by atoms with Crippen molar-refractivity contribution in [2.75, 3.05) is 11.9 Å². The first-order valence-electron chi connectivity index (χ1n) is 6.13. The Morgan fingerprint density at radius 2 is 2.15 bits per heavy atom. The molecule has 100 valence electrons. The number of rotatable bonds is 4. The average Bonchev–Trinajstić information content (AvgIpc) is 3.02. The number of nitrogens with one attached hydrogen (secondary N) is 1. The highest BCUT2D eigenvalue weighted by Crippen LogP contribution is 2.14. The fourth-order valence-electron chi connectivity index (χ4n) is 1.63. The van der Waals surface area contributed by atoms with Gasteiger partial charge in [-0.3, -0.25) is 4.98 Å². The summed E-state index contributed by atoms with van der Waals surface area (Å²) in [6.45, 7) is 2.68. The van der Waals surface area contributed by atoms with Crippen molar-refractivity contribution >= 4 is 5.95 Å². The lowest BCUT2D eigenvalue weighted by Crippen LogP contribution is -2.10. The highest BCUT2D eigenvalue weighted by atomic mass is 15.4. The molecule has 0 spiro atoms. The van der Waals surface area contributed by atoms with Crippen molar-refractivity contribution in [3.05, 3.63) is 37.1 Å². The van der Waals surface area contributed by atoms with E-state index in [0.29, 0.717) is 30.0 Å². The third kappa shape index (κ3) is 2.44. The molecule has 8 heteroatoms. The van der Waals surface area contributed by atoms with Gasteiger partial charge < -0.3 is 5.32 Å². The molecule has 8 nitrogen and oxygen atoms in total. The highest BCUT2D eigenvalue weighted by molar-refractivity contribution is 5.51. The van der Waals surface area contributed by atoms with E-state index in [4.69, 9.17) is 0 Å². The molecule has 0 atom stereocenters. The minimum absolute atomic E-state index is 0.397. The van der Waals surface area contributed by atoms with Crippen LogP contribution in [0.1, 0.15) is 6.92 Å². The molecule has 0 aromatic carbocycles. The van der Waals surface area contributed by atoms with Crippen LogP contribution in [0.25, 0.3) is 17.5 Å². The fraction of sp³-hybridized carbons (Fsp3) is 0.167. The van der Waals surface area contributed by atoms with E-state index in [1.807, 2.05) is 25.1 Å². The van der Waals surface area contributed by atoms with E-state index in [1.54, 1.807) is 6.20 Å². The molecule has 0 saturated heterocycles. The van der Waals surface area contributed by atoms with Crippen molar-refractivity contribution < 1.29 is 0 Å². The maximum absolute atomic E-state index is 4.36. The number of anilines is 1. The normalized spacial score (nSPS) is 10.4. The predicted molar refractivity (Wildman–Crippen MR) is 72.1 cm³/mol. The van der Waals surface area contributed by atoms with Crippen LogP contribution in [0.4, 0.5) is 5.95 Å². The van der Waals surface area contributed by atoms with Gasteiger partial charge in [0, 0.05) is 12.7 Å². The minimum atomic E-state index is 0.397. The Morgan fingerprint density at radius 1 is 1.20 bits per heavy atom. The van der Waals surface area contributed by atoms with Crippen LogP contribution in [0.15, 0.2) is 37.1 Å². The second-order valence-corrected chi connectivity index (χ2v) is 3.87. The fourth-order valence-corrected chi connectivity index (χ4v) is 1.63. The maximum Gasteiger partial charge on any atom is 0.257 e. The predicted octanol–water partition coefficient (Wildman–Crippen LogP) is 0.946. The van der Waals surface area contributed by atoms with Gasteiger partial charge in [0.05, 0.1) is 0 Å². The summed E-state index contributed by atoms with van der Waals surface area (Å²) in [5.41, 5.74) is 0.676. The molecule has 0 bridgehead atoms. The topological polar surface area (TPSA) is 94.3 Å². The zero-order valence-corrected chi connectivity index (χ0v) is 10.8. The van der Waals surface area contributed by atoms with Gasteiger partial charge in [0.1, 0.15) is 18.3 Å². The average molecular weight is 268 g/mol. The van der Waals surface area contributed by atoms with Crippen molar-refractivity contribution in [3.63, 3.8) is 0 Å². The molecule has 0 aliphatic rings. The molecule has 0 saturated carbocycles. The second kappa shape index (κ2) is 5.39. The summed E-state index contributed by atoms with van der Waals surface area (Å²) in [5.74, 6) is 1.37. The van der Waals surface area contributed by atoms with E-state index in [9.17, 15) is 0 Å². The Labute approximate surface area is 115 Å². The Kier molecular flexibility index (Phi) is 3.27. The SMILES string of the molecule is CCNc1nc(-c2ccccn2)nc(-n2cncn2)n1. The van der Waals surface area contributed by atoms with Gasteiger partial charge in [0.25, 0.3) is 5.95 Å². The van der Waals surface area contributed by atoms with E-state index in [1.165, 1.54) is 17.3 Å². The van der Waals surface area contributed by atoms with E-state index < -0.39 is 0 Å². The monoisotopic (exact) mass is 268 g/mol. The van der Waals surface area contributed by atoms with Crippen LogP contribution >= 0.6 is 0 Å². The van der Waals surface area contributed by atoms with E-state index in [2.05, 4.69) is 35.3 Å². The number of aromatic nitrogens is 7. The lowest BCUT2D eigenvalue weighted by atomic mass is 10.3. The quantitative estimate of drug-likeness (QED) is 0.752. The third-order valence-corrected chi connectivity index (χ3v) is 2.48. The zero-order valence-electron chi connectivity index (χ0n) is 10.8. The van der Waals surface area contributed by atoms with E-state index in [-0.39, 0.29) is 0 Å². The first-order valence-corrected chi connectivity index (χ1v) is 6.13. The van der Waals surface area contributed by atoms with Gasteiger partial charge in [-0.05, 0) is 19.1 Å². The molecular formula is C12H12N8. The first kappa shape index (κ1) is 12.2. The molecule has 3 aromatic heterocycles. The Bertz CT molecular complexity index is 680. The molecular weight excluding hydrogens is 256 g/mol. The van der Waals surface area contributed by atoms with Crippen LogP contribution in [-0.2, 0) is 0 Å². The number of hydrogen-bond acceptors (Lipinski definition) is 7. The van der Waals surface area contributed by atoms with Gasteiger partial charge >= 0.3 is 0 Å². The summed E-state index contributed by atoms with van der Waals surface area (Å²) >= 11 is 0. The number of nitrogens with zero attached hydrogens (tertiary/aromatic N) is 7. The largest absolute Gasteiger partial charge is 0.354 e. The van der Waals surface area contributed by atoms with Crippen molar-refractivity contribution in [2.45, 2.75) is 6.92 Å². The molecule has 3 heterocycles. The molecule has 0 fully saturated rings. The number of pyridine rings is 1. The van der Waals surface area contributed by atoms with Crippen LogP contribution in [0.5, 0.6) is 0 Å². The summed E-state index contributed by atoms with van der Waals surface area (Å²) in [6, 6.07) is 5.57. The first-order chi connectivity index (χ1) is 9.86. The van der Waals surface area contributed by atoms with Crippen molar-refractivity contribution in [1.82, 2.24) is 34.7 Å². The lowest BCUT2D eigenvalue weighted by Gasteiger charge is -2.06. The third-order valence-electron chi connectivity index (χ3n) is 2.48. The van der Waals surface area contributed by atoms with Gasteiger partial charge in [-0.15, -0.1) is 0 Å². The molecule has 0 aliphatic heterocycles. The minimum Gasteiger partial charge on any atom is -0.354 e. The summed E-state index contributed by atoms with van der Waals surface area (Å²) in [5, 5.41) is 7.10. The van der Waals surface area contributed by atoms with Crippen LogP contribution in [0.3, 0.4) is 0 Å².